The molecule has 2 amide bonds. The number of urea groups is 1. The lowest BCUT2D eigenvalue weighted by Crippen LogP contribution is -2.50. The number of nitrogens with one attached hydrogen (secondary N) is 1. The maximum absolute atomic E-state index is 12.9. The van der Waals surface area contributed by atoms with Gasteiger partial charge in [0.25, 0.3) is 5.88 Å². The minimum atomic E-state index is -0.169. The highest BCUT2D eigenvalue weighted by molar-refractivity contribution is 7.18. The van der Waals surface area contributed by atoms with E-state index in [1.165, 1.54) is 16.8 Å². The van der Waals surface area contributed by atoms with Gasteiger partial charge in [-0.1, -0.05) is 6.07 Å². The Morgan fingerprint density at radius 2 is 1.77 bits per heavy atom. The van der Waals surface area contributed by atoms with Gasteiger partial charge in [0.05, 0.1) is 6.61 Å². The molecular weight excluding hydrogens is 398 g/mol. The van der Waals surface area contributed by atoms with Crippen LogP contribution in [0.4, 0.5) is 16.3 Å². The number of amides is 2. The van der Waals surface area contributed by atoms with Crippen molar-refractivity contribution in [1.29, 1.82) is 0 Å². The van der Waals surface area contributed by atoms with Crippen LogP contribution in [-0.2, 0) is 0 Å². The first-order valence-corrected chi connectivity index (χ1v) is 11.0. The van der Waals surface area contributed by atoms with Gasteiger partial charge in [-0.15, -0.1) is 11.3 Å². The number of piperazine rings is 1. The highest BCUT2D eigenvalue weighted by atomic mass is 32.1. The van der Waals surface area contributed by atoms with E-state index < -0.39 is 0 Å². The Morgan fingerprint density at radius 3 is 2.43 bits per heavy atom. The highest BCUT2D eigenvalue weighted by Gasteiger charge is 2.23. The van der Waals surface area contributed by atoms with Crippen molar-refractivity contribution in [2.45, 2.75) is 27.7 Å². The maximum Gasteiger partial charge on any atom is 0.323 e. The molecule has 0 spiro atoms. The van der Waals surface area contributed by atoms with E-state index in [4.69, 9.17) is 4.74 Å². The Hall–Kier alpha value is -2.87. The van der Waals surface area contributed by atoms with Crippen LogP contribution in [0.5, 0.6) is 5.88 Å². The van der Waals surface area contributed by atoms with Crippen molar-refractivity contribution in [1.82, 2.24) is 14.9 Å². The summed E-state index contributed by atoms with van der Waals surface area (Å²) in [6.45, 7) is 11.5. The quantitative estimate of drug-likeness (QED) is 0.672. The van der Waals surface area contributed by atoms with E-state index in [9.17, 15) is 4.79 Å². The van der Waals surface area contributed by atoms with E-state index in [1.807, 2.05) is 24.8 Å². The number of carbonyl (C=O) groups excluding carboxylic acids is 1. The number of thiophene rings is 1. The van der Waals surface area contributed by atoms with Crippen molar-refractivity contribution in [3.8, 4) is 5.88 Å². The van der Waals surface area contributed by atoms with Crippen LogP contribution in [0.15, 0.2) is 24.3 Å². The predicted molar refractivity (Wildman–Crippen MR) is 122 cm³/mol. The Bertz CT molecular complexity index is 1050. The van der Waals surface area contributed by atoms with Crippen LogP contribution < -0.4 is 15.0 Å². The monoisotopic (exact) mass is 425 g/mol. The van der Waals surface area contributed by atoms with Crippen molar-refractivity contribution in [2.75, 3.05) is 43.0 Å². The molecule has 1 saturated heterocycles. The number of hydrogen-bond acceptors (Lipinski definition) is 6. The maximum atomic E-state index is 12.9. The van der Waals surface area contributed by atoms with Gasteiger partial charge in [0, 0.05) is 36.7 Å². The normalized spacial score (nSPS) is 14.3. The number of rotatable bonds is 4. The molecule has 7 nitrogen and oxygen atoms in total. The third kappa shape index (κ3) is 4.33. The lowest BCUT2D eigenvalue weighted by Gasteiger charge is -2.36. The van der Waals surface area contributed by atoms with Gasteiger partial charge in [-0.3, -0.25) is 5.32 Å². The largest absolute Gasteiger partial charge is 0.475 e. The molecule has 1 fully saturated rings. The molecule has 0 radical (unpaired) electrons. The minimum Gasteiger partial charge on any atom is -0.475 e. The van der Waals surface area contributed by atoms with Gasteiger partial charge in [-0.2, -0.15) is 0 Å². The van der Waals surface area contributed by atoms with Crippen LogP contribution in [0.3, 0.4) is 0 Å². The first-order valence-electron chi connectivity index (χ1n) is 10.2. The van der Waals surface area contributed by atoms with Crippen LogP contribution in [-0.4, -0.2) is 53.7 Å². The van der Waals surface area contributed by atoms with Crippen LogP contribution in [0.2, 0.25) is 0 Å². The molecule has 8 heteroatoms. The zero-order valence-corrected chi connectivity index (χ0v) is 18.7. The summed E-state index contributed by atoms with van der Waals surface area (Å²) >= 11 is 1.56. The molecule has 0 aliphatic carbocycles. The smallest absolute Gasteiger partial charge is 0.323 e. The molecule has 0 bridgehead atoms. The molecule has 1 N–H and O–H groups in total. The predicted octanol–water partition coefficient (Wildman–Crippen LogP) is 4.37. The SMILES string of the molecule is CCOc1nc2cc(C)sc2nc1NC(=O)N1CCN(c2cc(C)cc(C)c2)CC1. The molecule has 0 unspecified atom stereocenters. The van der Waals surface area contributed by atoms with Crippen LogP contribution in [0.25, 0.3) is 10.3 Å². The van der Waals surface area contributed by atoms with Gasteiger partial charge in [0.2, 0.25) is 0 Å². The average Bonchev–Trinajstić information content (AvgIpc) is 3.06. The molecular formula is C22H27N5O2S. The van der Waals surface area contributed by atoms with E-state index in [0.29, 0.717) is 31.4 Å². The van der Waals surface area contributed by atoms with Gasteiger partial charge >= 0.3 is 6.03 Å². The molecule has 1 aromatic carbocycles. The Morgan fingerprint density at radius 1 is 1.07 bits per heavy atom. The van der Waals surface area contributed by atoms with Crippen molar-refractivity contribution in [3.63, 3.8) is 0 Å². The fraction of sp³-hybridized carbons (Fsp3) is 0.409. The molecule has 0 atom stereocenters. The number of hydrogen-bond donors (Lipinski definition) is 1. The van der Waals surface area contributed by atoms with Gasteiger partial charge in [-0.05, 0) is 57.0 Å². The van der Waals surface area contributed by atoms with Gasteiger partial charge in [0.15, 0.2) is 5.82 Å². The molecule has 4 rings (SSSR count). The molecule has 30 heavy (non-hydrogen) atoms. The zero-order valence-electron chi connectivity index (χ0n) is 17.9. The number of aryl methyl sites for hydroxylation is 3. The summed E-state index contributed by atoms with van der Waals surface area (Å²) in [6, 6.07) is 8.39. The number of ether oxygens (including phenoxy) is 1. The van der Waals surface area contributed by atoms with Crippen molar-refractivity contribution >= 4 is 39.2 Å². The number of benzene rings is 1. The fourth-order valence-electron chi connectivity index (χ4n) is 3.76. The number of anilines is 2. The summed E-state index contributed by atoms with van der Waals surface area (Å²) in [5.74, 6) is 0.748. The van der Waals surface area contributed by atoms with E-state index in [-0.39, 0.29) is 6.03 Å². The van der Waals surface area contributed by atoms with Gasteiger partial charge in [-0.25, -0.2) is 14.8 Å². The summed E-state index contributed by atoms with van der Waals surface area (Å²) in [5.41, 5.74) is 4.52. The second-order valence-corrected chi connectivity index (χ2v) is 8.84. The fourth-order valence-corrected chi connectivity index (χ4v) is 4.58. The lowest BCUT2D eigenvalue weighted by atomic mass is 10.1. The average molecular weight is 426 g/mol. The van der Waals surface area contributed by atoms with Gasteiger partial charge in [0.1, 0.15) is 10.3 Å². The third-order valence-corrected chi connectivity index (χ3v) is 6.03. The molecule has 3 heterocycles. The minimum absolute atomic E-state index is 0.169. The van der Waals surface area contributed by atoms with E-state index >= 15 is 0 Å². The summed E-state index contributed by atoms with van der Waals surface area (Å²) in [6.07, 6.45) is 0. The number of aromatic nitrogens is 2. The summed E-state index contributed by atoms with van der Waals surface area (Å²) in [5, 5.41) is 2.92. The highest BCUT2D eigenvalue weighted by Crippen LogP contribution is 2.29. The van der Waals surface area contributed by atoms with E-state index in [0.717, 1.165) is 28.3 Å². The molecule has 1 aliphatic heterocycles. The van der Waals surface area contributed by atoms with Crippen molar-refractivity contribution < 1.29 is 9.53 Å². The number of fused-ring (bicyclic) bond motifs is 1. The summed E-state index contributed by atoms with van der Waals surface area (Å²) in [7, 11) is 0. The standard InChI is InChI=1S/C22H27N5O2S/c1-5-29-20-19(24-21-18(23-20)13-16(4)30-21)25-22(28)27-8-6-26(7-9-27)17-11-14(2)10-15(3)12-17/h10-13H,5-9H2,1-4H3,(H,24,25,28). The second kappa shape index (κ2) is 8.47. The molecule has 3 aromatic rings. The Balaban J connectivity index is 1.45. The molecule has 0 saturated carbocycles. The first-order chi connectivity index (χ1) is 14.4. The van der Waals surface area contributed by atoms with Crippen molar-refractivity contribution in [2.24, 2.45) is 0 Å². The molecule has 2 aromatic heterocycles. The summed E-state index contributed by atoms with van der Waals surface area (Å²) < 4.78 is 5.63. The topological polar surface area (TPSA) is 70.6 Å². The Labute approximate surface area is 180 Å². The number of nitrogens with zero attached hydrogens (tertiary/aromatic N) is 4. The molecule has 158 valence electrons. The van der Waals surface area contributed by atoms with Crippen LogP contribution in [0, 0.1) is 20.8 Å². The Kier molecular flexibility index (Phi) is 5.76. The third-order valence-electron chi connectivity index (χ3n) is 5.10. The number of carbonyl (C=O) groups is 1. The van der Waals surface area contributed by atoms with Gasteiger partial charge < -0.3 is 14.5 Å². The second-order valence-electron chi connectivity index (χ2n) is 7.61. The van der Waals surface area contributed by atoms with E-state index in [2.05, 4.69) is 52.2 Å². The van der Waals surface area contributed by atoms with Crippen LogP contribution >= 0.6 is 11.3 Å². The first kappa shape index (κ1) is 20.4. The molecule has 1 aliphatic rings. The summed E-state index contributed by atoms with van der Waals surface area (Å²) in [4.78, 5) is 28.1. The lowest BCUT2D eigenvalue weighted by molar-refractivity contribution is 0.208. The van der Waals surface area contributed by atoms with Crippen LogP contribution in [0.1, 0.15) is 22.9 Å². The van der Waals surface area contributed by atoms with Crippen molar-refractivity contribution in [3.05, 3.63) is 40.3 Å². The van der Waals surface area contributed by atoms with E-state index in [1.54, 1.807) is 11.3 Å². The zero-order chi connectivity index (χ0) is 21.3.